The summed E-state index contributed by atoms with van der Waals surface area (Å²) in [4.78, 5) is 29.4. The van der Waals surface area contributed by atoms with Gasteiger partial charge >= 0.3 is 5.63 Å². The second-order valence-electron chi connectivity index (χ2n) is 9.42. The van der Waals surface area contributed by atoms with Crippen molar-refractivity contribution in [1.29, 1.82) is 0 Å². The van der Waals surface area contributed by atoms with Crippen LogP contribution in [-0.2, 0) is 16.6 Å². The fourth-order valence-electron chi connectivity index (χ4n) is 4.23. The Labute approximate surface area is 176 Å². The molecule has 0 spiro atoms. The van der Waals surface area contributed by atoms with Crippen LogP contribution in [0.15, 0.2) is 32.0 Å². The van der Waals surface area contributed by atoms with Gasteiger partial charge in [0.25, 0.3) is 0 Å². The molecule has 0 saturated carbocycles. The first-order valence-corrected chi connectivity index (χ1v) is 10.6. The van der Waals surface area contributed by atoms with Crippen molar-refractivity contribution in [1.82, 2.24) is 9.80 Å². The normalized spacial score (nSPS) is 16.0. The zero-order valence-electron chi connectivity index (χ0n) is 18.5. The van der Waals surface area contributed by atoms with Crippen molar-refractivity contribution in [2.24, 2.45) is 0 Å². The Morgan fingerprint density at radius 3 is 2.43 bits per heavy atom. The lowest BCUT2D eigenvalue weighted by molar-refractivity contribution is -0.132. The van der Waals surface area contributed by atoms with Crippen molar-refractivity contribution < 1.29 is 13.6 Å². The molecule has 1 fully saturated rings. The average Bonchev–Trinajstić information content (AvgIpc) is 3.10. The lowest BCUT2D eigenvalue weighted by Gasteiger charge is -2.32. The largest absolute Gasteiger partial charge is 0.464 e. The lowest BCUT2D eigenvalue weighted by Crippen LogP contribution is -2.47. The number of hydrogen-bond donors (Lipinski definition) is 0. The number of carbonyl (C=O) groups is 1. The first kappa shape index (κ1) is 20.7. The van der Waals surface area contributed by atoms with Gasteiger partial charge in [-0.1, -0.05) is 20.8 Å². The number of hydrogen-bond acceptors (Lipinski definition) is 5. The van der Waals surface area contributed by atoms with Gasteiger partial charge in [-0.15, -0.1) is 0 Å². The third kappa shape index (κ3) is 3.76. The van der Waals surface area contributed by atoms with Crippen LogP contribution >= 0.6 is 0 Å². The summed E-state index contributed by atoms with van der Waals surface area (Å²) < 4.78 is 11.4. The maximum Gasteiger partial charge on any atom is 0.339 e. The van der Waals surface area contributed by atoms with E-state index in [2.05, 4.69) is 38.8 Å². The van der Waals surface area contributed by atoms with Crippen LogP contribution in [0, 0.1) is 6.92 Å². The molecule has 1 saturated heterocycles. The molecule has 0 unspecified atom stereocenters. The molecule has 0 radical (unpaired) electrons. The van der Waals surface area contributed by atoms with Gasteiger partial charge in [-0.2, -0.15) is 0 Å². The molecule has 6 nitrogen and oxygen atoms in total. The van der Waals surface area contributed by atoms with Gasteiger partial charge in [0, 0.05) is 60.6 Å². The number of furan rings is 1. The summed E-state index contributed by atoms with van der Waals surface area (Å²) in [5.74, 6) is 0.0994. The molecule has 0 aliphatic carbocycles. The highest BCUT2D eigenvalue weighted by atomic mass is 16.4. The van der Waals surface area contributed by atoms with Crippen molar-refractivity contribution in [3.05, 3.63) is 45.5 Å². The van der Waals surface area contributed by atoms with Gasteiger partial charge in [0.15, 0.2) is 0 Å². The van der Waals surface area contributed by atoms with Gasteiger partial charge < -0.3 is 18.6 Å². The minimum Gasteiger partial charge on any atom is -0.464 e. The number of aryl methyl sites for hydroxylation is 1. The average molecular weight is 411 g/mol. The van der Waals surface area contributed by atoms with E-state index in [1.165, 1.54) is 0 Å². The number of fused-ring (bicyclic) bond motifs is 2. The molecular formula is C24H30N2O4. The van der Waals surface area contributed by atoms with E-state index in [0.29, 0.717) is 29.6 Å². The van der Waals surface area contributed by atoms with Crippen molar-refractivity contribution in [3.8, 4) is 0 Å². The quantitative estimate of drug-likeness (QED) is 0.614. The second-order valence-corrected chi connectivity index (χ2v) is 9.42. The van der Waals surface area contributed by atoms with Crippen molar-refractivity contribution >= 4 is 27.8 Å². The Hall–Kier alpha value is -2.60. The molecule has 1 aromatic carbocycles. The van der Waals surface area contributed by atoms with Crippen LogP contribution in [0.4, 0.5) is 0 Å². The molecule has 3 heterocycles. The van der Waals surface area contributed by atoms with Crippen molar-refractivity contribution in [3.63, 3.8) is 0 Å². The summed E-state index contributed by atoms with van der Waals surface area (Å²) in [6, 6.07) is 3.85. The summed E-state index contributed by atoms with van der Waals surface area (Å²) in [5.41, 5.74) is 3.41. The number of likely N-dealkylation sites (N-methyl/N-ethyl adjacent to an activating group) is 1. The van der Waals surface area contributed by atoms with E-state index in [9.17, 15) is 9.59 Å². The van der Waals surface area contributed by atoms with Crippen molar-refractivity contribution in [2.75, 3.05) is 33.2 Å². The fraction of sp³-hybridized carbons (Fsp3) is 0.500. The summed E-state index contributed by atoms with van der Waals surface area (Å²) >= 11 is 0. The molecule has 4 rings (SSSR count). The topological polar surface area (TPSA) is 66.9 Å². The summed E-state index contributed by atoms with van der Waals surface area (Å²) in [6.07, 6.45) is 2.50. The van der Waals surface area contributed by atoms with Gasteiger partial charge in [0.2, 0.25) is 5.91 Å². The van der Waals surface area contributed by atoms with E-state index in [4.69, 9.17) is 8.83 Å². The van der Waals surface area contributed by atoms with Gasteiger partial charge in [-0.3, -0.25) is 4.79 Å². The maximum atomic E-state index is 12.7. The highest BCUT2D eigenvalue weighted by Crippen LogP contribution is 2.35. The standard InChI is InChI=1S/C24H30N2O4/c1-15-16(6-7-22(27)26-10-8-25(5)9-11-26)23(28)30-21-13-20-18(12-17(15)21)19(14-29-20)24(2,3)4/h12-14H,6-11H2,1-5H3. The SMILES string of the molecule is Cc1c(CCC(=O)N2CCN(C)CC2)c(=O)oc2cc3occ(C(C)(C)C)c3cc12. The van der Waals surface area contributed by atoms with Crippen LogP contribution in [0.2, 0.25) is 0 Å². The minimum atomic E-state index is -0.367. The van der Waals surface area contributed by atoms with Crippen LogP contribution < -0.4 is 5.63 Å². The van der Waals surface area contributed by atoms with E-state index >= 15 is 0 Å². The van der Waals surface area contributed by atoms with E-state index in [1.807, 2.05) is 11.8 Å². The predicted octanol–water partition coefficient (Wildman–Crippen LogP) is 3.85. The monoisotopic (exact) mass is 410 g/mol. The van der Waals surface area contributed by atoms with E-state index in [1.54, 1.807) is 12.3 Å². The van der Waals surface area contributed by atoms with Crippen LogP contribution in [0.1, 0.15) is 43.9 Å². The molecule has 0 N–H and O–H groups in total. The molecule has 0 bridgehead atoms. The van der Waals surface area contributed by atoms with Crippen LogP contribution in [0.5, 0.6) is 0 Å². The third-order valence-electron chi connectivity index (χ3n) is 6.23. The Morgan fingerprint density at radius 2 is 1.77 bits per heavy atom. The van der Waals surface area contributed by atoms with E-state index in [0.717, 1.165) is 48.1 Å². The van der Waals surface area contributed by atoms with Crippen LogP contribution in [0.3, 0.4) is 0 Å². The first-order valence-electron chi connectivity index (χ1n) is 10.6. The highest BCUT2D eigenvalue weighted by Gasteiger charge is 2.23. The Morgan fingerprint density at radius 1 is 1.07 bits per heavy atom. The number of piperazine rings is 1. The van der Waals surface area contributed by atoms with Gasteiger partial charge in [0.05, 0.1) is 6.26 Å². The number of nitrogens with zero attached hydrogens (tertiary/aromatic N) is 2. The second kappa shape index (κ2) is 7.58. The molecule has 30 heavy (non-hydrogen) atoms. The smallest absolute Gasteiger partial charge is 0.339 e. The molecule has 6 heteroatoms. The van der Waals surface area contributed by atoms with Gasteiger partial charge in [-0.05, 0) is 37.4 Å². The Bertz CT molecular complexity index is 1160. The predicted molar refractivity (Wildman–Crippen MR) is 118 cm³/mol. The molecular weight excluding hydrogens is 380 g/mol. The van der Waals surface area contributed by atoms with Gasteiger partial charge in [0.1, 0.15) is 11.2 Å². The van der Waals surface area contributed by atoms with Crippen LogP contribution in [0.25, 0.3) is 21.9 Å². The fourth-order valence-corrected chi connectivity index (χ4v) is 4.23. The molecule has 2 aromatic heterocycles. The number of benzene rings is 1. The Kier molecular flexibility index (Phi) is 5.22. The molecule has 3 aromatic rings. The molecule has 1 amide bonds. The first-order chi connectivity index (χ1) is 14.1. The molecule has 160 valence electrons. The zero-order valence-corrected chi connectivity index (χ0v) is 18.5. The summed E-state index contributed by atoms with van der Waals surface area (Å²) in [7, 11) is 2.06. The van der Waals surface area contributed by atoms with E-state index in [-0.39, 0.29) is 16.9 Å². The number of carbonyl (C=O) groups excluding carboxylic acids is 1. The maximum absolute atomic E-state index is 12.7. The summed E-state index contributed by atoms with van der Waals surface area (Å²) in [6.45, 7) is 11.7. The molecule has 1 aliphatic rings. The third-order valence-corrected chi connectivity index (χ3v) is 6.23. The van der Waals surface area contributed by atoms with E-state index < -0.39 is 0 Å². The summed E-state index contributed by atoms with van der Waals surface area (Å²) in [5, 5.41) is 1.93. The van der Waals surface area contributed by atoms with Gasteiger partial charge in [-0.25, -0.2) is 4.79 Å². The van der Waals surface area contributed by atoms with Crippen molar-refractivity contribution in [2.45, 2.75) is 46.0 Å². The molecule has 0 atom stereocenters. The minimum absolute atomic E-state index is 0.0553. The number of rotatable bonds is 3. The number of amides is 1. The lowest BCUT2D eigenvalue weighted by atomic mass is 9.86. The Balaban J connectivity index is 1.66. The van der Waals surface area contributed by atoms with Crippen LogP contribution in [-0.4, -0.2) is 48.9 Å². The molecule has 1 aliphatic heterocycles. The highest BCUT2D eigenvalue weighted by molar-refractivity contribution is 5.96. The zero-order chi connectivity index (χ0) is 21.6.